The predicted octanol–water partition coefficient (Wildman–Crippen LogP) is 3.62. The van der Waals surface area contributed by atoms with Crippen LogP contribution in [0.3, 0.4) is 0 Å². The third-order valence-electron chi connectivity index (χ3n) is 3.40. The maximum atomic E-state index is 6.09. The number of rotatable bonds is 3. The molecule has 0 atom stereocenters. The first kappa shape index (κ1) is 10.4. The Kier molecular flexibility index (Phi) is 2.33. The molecule has 1 saturated carbocycles. The fourth-order valence-electron chi connectivity index (χ4n) is 2.04. The van der Waals surface area contributed by atoms with Gasteiger partial charge in [-0.25, -0.2) is 0 Å². The van der Waals surface area contributed by atoms with Gasteiger partial charge in [0.15, 0.2) is 0 Å². The summed E-state index contributed by atoms with van der Waals surface area (Å²) < 4.78 is 6.60. The molecule has 1 heterocycles. The zero-order valence-corrected chi connectivity index (χ0v) is 10.6. The van der Waals surface area contributed by atoms with Crippen LogP contribution in [-0.4, -0.2) is 5.54 Å². The summed E-state index contributed by atoms with van der Waals surface area (Å²) in [6, 6.07) is 6.17. The number of nitrogens with two attached hydrogens (primary N) is 1. The second kappa shape index (κ2) is 3.60. The van der Waals surface area contributed by atoms with Gasteiger partial charge < -0.3 is 10.2 Å². The van der Waals surface area contributed by atoms with Crippen molar-refractivity contribution in [2.75, 3.05) is 0 Å². The van der Waals surface area contributed by atoms with E-state index in [0.29, 0.717) is 0 Å². The van der Waals surface area contributed by atoms with Crippen LogP contribution in [0.5, 0.6) is 0 Å². The molecule has 3 rings (SSSR count). The average molecular weight is 280 g/mol. The van der Waals surface area contributed by atoms with Gasteiger partial charge in [-0.3, -0.25) is 0 Å². The molecule has 0 amide bonds. The SMILES string of the molecule is NC1(CCc2coc3cc(Br)ccc23)CC1. The lowest BCUT2D eigenvalue weighted by molar-refractivity contribution is 0.588. The highest BCUT2D eigenvalue weighted by Gasteiger charge is 2.37. The molecule has 1 fully saturated rings. The van der Waals surface area contributed by atoms with Crippen molar-refractivity contribution in [1.82, 2.24) is 0 Å². The van der Waals surface area contributed by atoms with Crippen molar-refractivity contribution in [3.8, 4) is 0 Å². The van der Waals surface area contributed by atoms with Crippen LogP contribution < -0.4 is 5.73 Å². The molecule has 1 aromatic heterocycles. The van der Waals surface area contributed by atoms with Crippen molar-refractivity contribution in [3.63, 3.8) is 0 Å². The van der Waals surface area contributed by atoms with Crippen molar-refractivity contribution < 1.29 is 4.42 Å². The van der Waals surface area contributed by atoms with Gasteiger partial charge in [0.05, 0.1) is 6.26 Å². The maximum absolute atomic E-state index is 6.09. The fraction of sp³-hybridized carbons (Fsp3) is 0.385. The first-order valence-electron chi connectivity index (χ1n) is 5.61. The summed E-state index contributed by atoms with van der Waals surface area (Å²) in [5.41, 5.74) is 8.44. The van der Waals surface area contributed by atoms with Crippen LogP contribution in [0.25, 0.3) is 11.0 Å². The third kappa shape index (κ3) is 1.89. The Labute approximate surface area is 103 Å². The zero-order valence-electron chi connectivity index (χ0n) is 9.00. The molecule has 1 aliphatic carbocycles. The van der Waals surface area contributed by atoms with Crippen LogP contribution >= 0.6 is 15.9 Å². The summed E-state index contributed by atoms with van der Waals surface area (Å²) in [6.45, 7) is 0. The quantitative estimate of drug-likeness (QED) is 0.932. The Morgan fingerprint density at radius 1 is 1.38 bits per heavy atom. The molecule has 16 heavy (non-hydrogen) atoms. The van der Waals surface area contributed by atoms with E-state index in [4.69, 9.17) is 10.2 Å². The Hall–Kier alpha value is -0.800. The second-order valence-electron chi connectivity index (χ2n) is 4.76. The third-order valence-corrected chi connectivity index (χ3v) is 3.90. The Balaban J connectivity index is 1.86. The number of benzene rings is 1. The van der Waals surface area contributed by atoms with Crippen molar-refractivity contribution in [2.45, 2.75) is 31.2 Å². The van der Waals surface area contributed by atoms with Gasteiger partial charge in [-0.1, -0.05) is 15.9 Å². The van der Waals surface area contributed by atoms with E-state index < -0.39 is 0 Å². The van der Waals surface area contributed by atoms with E-state index in [9.17, 15) is 0 Å². The number of hydrogen-bond donors (Lipinski definition) is 1. The first-order chi connectivity index (χ1) is 7.66. The molecule has 0 radical (unpaired) electrons. The number of furan rings is 1. The van der Waals surface area contributed by atoms with Crippen molar-refractivity contribution in [1.29, 1.82) is 0 Å². The van der Waals surface area contributed by atoms with Crippen molar-refractivity contribution >= 4 is 26.9 Å². The highest BCUT2D eigenvalue weighted by molar-refractivity contribution is 9.10. The average Bonchev–Trinajstić information content (AvgIpc) is 2.87. The van der Waals surface area contributed by atoms with Gasteiger partial charge in [0, 0.05) is 15.4 Å². The van der Waals surface area contributed by atoms with Gasteiger partial charge in [-0.2, -0.15) is 0 Å². The Morgan fingerprint density at radius 2 is 2.19 bits per heavy atom. The molecule has 1 aliphatic rings. The monoisotopic (exact) mass is 279 g/mol. The molecule has 0 saturated heterocycles. The van der Waals surface area contributed by atoms with Gasteiger partial charge >= 0.3 is 0 Å². The van der Waals surface area contributed by atoms with Crippen LogP contribution in [0.15, 0.2) is 33.4 Å². The zero-order chi connectivity index (χ0) is 11.2. The Bertz CT molecular complexity index is 528. The molecule has 3 heteroatoms. The minimum absolute atomic E-state index is 0.124. The fourth-order valence-corrected chi connectivity index (χ4v) is 2.38. The molecule has 0 bridgehead atoms. The number of fused-ring (bicyclic) bond motifs is 1. The van der Waals surface area contributed by atoms with E-state index in [0.717, 1.165) is 22.9 Å². The topological polar surface area (TPSA) is 39.2 Å². The standard InChI is InChI=1S/C13H14BrNO/c14-10-1-2-11-9(8-16-12(11)7-10)3-4-13(15)5-6-13/h1-2,7-8H,3-6,15H2. The van der Waals surface area contributed by atoms with E-state index in [2.05, 4.69) is 28.1 Å². The summed E-state index contributed by atoms with van der Waals surface area (Å²) in [7, 11) is 0. The van der Waals surface area contributed by atoms with Crippen molar-refractivity contribution in [2.24, 2.45) is 5.73 Å². The van der Waals surface area contributed by atoms with Gasteiger partial charge in [0.1, 0.15) is 5.58 Å². The summed E-state index contributed by atoms with van der Waals surface area (Å²) in [6.07, 6.45) is 6.30. The molecule has 0 aliphatic heterocycles. The van der Waals surface area contributed by atoms with Gasteiger partial charge in [-0.15, -0.1) is 0 Å². The smallest absolute Gasteiger partial charge is 0.135 e. The first-order valence-corrected chi connectivity index (χ1v) is 6.40. The van der Waals surface area contributed by atoms with E-state index in [1.54, 1.807) is 0 Å². The highest BCUT2D eigenvalue weighted by Crippen LogP contribution is 2.37. The van der Waals surface area contributed by atoms with Crippen LogP contribution in [0, 0.1) is 0 Å². The molecule has 2 aromatic rings. The minimum Gasteiger partial charge on any atom is -0.464 e. The van der Waals surface area contributed by atoms with Crippen LogP contribution in [0.4, 0.5) is 0 Å². The lowest BCUT2D eigenvalue weighted by atomic mass is 10.0. The second-order valence-corrected chi connectivity index (χ2v) is 5.68. The molecule has 2 N–H and O–H groups in total. The van der Waals surface area contributed by atoms with Crippen LogP contribution in [0.2, 0.25) is 0 Å². The lowest BCUT2D eigenvalue weighted by Gasteiger charge is -2.06. The van der Waals surface area contributed by atoms with Gasteiger partial charge in [-0.05, 0) is 49.4 Å². The summed E-state index contributed by atoms with van der Waals surface area (Å²) in [5, 5.41) is 1.22. The van der Waals surface area contributed by atoms with Gasteiger partial charge in [0.25, 0.3) is 0 Å². The predicted molar refractivity (Wildman–Crippen MR) is 68.4 cm³/mol. The van der Waals surface area contributed by atoms with Gasteiger partial charge in [0.2, 0.25) is 0 Å². The molecule has 0 unspecified atom stereocenters. The molecular formula is C13H14BrNO. The maximum Gasteiger partial charge on any atom is 0.135 e. The normalized spacial score (nSPS) is 17.9. The number of halogens is 1. The van der Waals surface area contributed by atoms with Crippen LogP contribution in [0.1, 0.15) is 24.8 Å². The summed E-state index contributed by atoms with van der Waals surface area (Å²) in [4.78, 5) is 0. The molecule has 2 nitrogen and oxygen atoms in total. The largest absolute Gasteiger partial charge is 0.464 e. The summed E-state index contributed by atoms with van der Waals surface area (Å²) >= 11 is 3.44. The molecule has 1 aromatic carbocycles. The number of aryl methyl sites for hydroxylation is 1. The minimum atomic E-state index is 0.124. The molecular weight excluding hydrogens is 266 g/mol. The Morgan fingerprint density at radius 3 is 2.94 bits per heavy atom. The van der Waals surface area contributed by atoms with E-state index >= 15 is 0 Å². The van der Waals surface area contributed by atoms with E-state index in [1.165, 1.54) is 23.8 Å². The molecule has 84 valence electrons. The highest BCUT2D eigenvalue weighted by atomic mass is 79.9. The van der Waals surface area contributed by atoms with E-state index in [-0.39, 0.29) is 5.54 Å². The van der Waals surface area contributed by atoms with E-state index in [1.807, 2.05) is 12.3 Å². The van der Waals surface area contributed by atoms with Crippen molar-refractivity contribution in [3.05, 3.63) is 34.5 Å². The lowest BCUT2D eigenvalue weighted by Crippen LogP contribution is -2.21. The molecule has 0 spiro atoms. The number of hydrogen-bond acceptors (Lipinski definition) is 2. The summed E-state index contributed by atoms with van der Waals surface area (Å²) in [5.74, 6) is 0. The van der Waals surface area contributed by atoms with Crippen LogP contribution in [-0.2, 0) is 6.42 Å².